The molecule has 5 nitrogen and oxygen atoms in total. The summed E-state index contributed by atoms with van der Waals surface area (Å²) in [4.78, 5) is 17.1. The summed E-state index contributed by atoms with van der Waals surface area (Å²) < 4.78 is 2.77. The first-order chi connectivity index (χ1) is 12.5. The van der Waals surface area contributed by atoms with Crippen LogP contribution in [0.3, 0.4) is 0 Å². The van der Waals surface area contributed by atoms with Crippen LogP contribution in [0.5, 0.6) is 0 Å². The monoisotopic (exact) mass is 362 g/mol. The first-order valence-corrected chi connectivity index (χ1v) is 9.11. The highest BCUT2D eigenvalue weighted by Gasteiger charge is 2.12. The van der Waals surface area contributed by atoms with Crippen LogP contribution in [0.1, 0.15) is 21.7 Å². The summed E-state index contributed by atoms with van der Waals surface area (Å²) in [5.41, 5.74) is 5.38. The zero-order valence-corrected chi connectivity index (χ0v) is 15.6. The number of aryl methyl sites for hydroxylation is 3. The predicted octanol–water partition coefficient (Wildman–Crippen LogP) is 4.57. The molecule has 2 aromatic heterocycles. The van der Waals surface area contributed by atoms with E-state index in [0.29, 0.717) is 5.69 Å². The van der Waals surface area contributed by atoms with E-state index in [1.807, 2.05) is 31.2 Å². The number of aromatic nitrogens is 3. The molecule has 2 heterocycles. The zero-order chi connectivity index (χ0) is 18.3. The molecule has 26 heavy (non-hydrogen) atoms. The molecule has 0 saturated heterocycles. The van der Waals surface area contributed by atoms with Crippen LogP contribution in [0, 0.1) is 13.8 Å². The average molecular weight is 362 g/mol. The molecule has 0 fully saturated rings. The van der Waals surface area contributed by atoms with E-state index in [9.17, 15) is 4.79 Å². The number of nitrogens with one attached hydrogen (secondary N) is 1. The van der Waals surface area contributed by atoms with Crippen molar-refractivity contribution < 1.29 is 4.79 Å². The first-order valence-electron chi connectivity index (χ1n) is 8.29. The maximum Gasteiger partial charge on any atom is 0.273 e. The van der Waals surface area contributed by atoms with Crippen molar-refractivity contribution in [2.24, 2.45) is 7.05 Å². The molecule has 0 spiro atoms. The van der Waals surface area contributed by atoms with Gasteiger partial charge >= 0.3 is 0 Å². The number of carbonyl (C=O) groups is 1. The quantitative estimate of drug-likeness (QED) is 0.581. The van der Waals surface area contributed by atoms with Gasteiger partial charge in [-0.3, -0.25) is 9.48 Å². The molecule has 0 aliphatic rings. The van der Waals surface area contributed by atoms with Gasteiger partial charge in [-0.05, 0) is 61.9 Å². The molecule has 6 heteroatoms. The summed E-state index contributed by atoms with van der Waals surface area (Å²) in [7, 11) is 1.76. The van der Waals surface area contributed by atoms with Gasteiger partial charge in [0, 0.05) is 18.3 Å². The molecular formula is C20H18N4OS. The molecular weight excluding hydrogens is 344 g/mol. The minimum atomic E-state index is -0.170. The van der Waals surface area contributed by atoms with E-state index in [1.54, 1.807) is 29.1 Å². The smallest absolute Gasteiger partial charge is 0.273 e. The number of amides is 1. The van der Waals surface area contributed by atoms with E-state index < -0.39 is 0 Å². The lowest BCUT2D eigenvalue weighted by Crippen LogP contribution is -2.15. The molecule has 0 atom stereocenters. The second-order valence-electron chi connectivity index (χ2n) is 6.32. The molecule has 0 aliphatic carbocycles. The van der Waals surface area contributed by atoms with Gasteiger partial charge in [0.1, 0.15) is 10.7 Å². The van der Waals surface area contributed by atoms with E-state index >= 15 is 0 Å². The average Bonchev–Trinajstić information content (AvgIpc) is 3.17. The van der Waals surface area contributed by atoms with E-state index in [4.69, 9.17) is 4.98 Å². The van der Waals surface area contributed by atoms with E-state index in [-0.39, 0.29) is 5.91 Å². The molecule has 1 amide bonds. The van der Waals surface area contributed by atoms with Crippen LogP contribution in [0.4, 0.5) is 5.69 Å². The Hall–Kier alpha value is -2.99. The van der Waals surface area contributed by atoms with Gasteiger partial charge in [-0.1, -0.05) is 6.07 Å². The number of nitrogens with zero attached hydrogens (tertiary/aromatic N) is 3. The molecule has 1 N–H and O–H groups in total. The zero-order valence-electron chi connectivity index (χ0n) is 14.8. The molecule has 0 aliphatic heterocycles. The summed E-state index contributed by atoms with van der Waals surface area (Å²) in [6, 6.07) is 15.8. The first kappa shape index (κ1) is 16.5. The highest BCUT2D eigenvalue weighted by atomic mass is 32.1. The maximum absolute atomic E-state index is 12.4. The summed E-state index contributed by atoms with van der Waals surface area (Å²) in [5.74, 6) is -0.170. The molecule has 4 rings (SSSR count). The Labute approximate surface area is 155 Å². The topological polar surface area (TPSA) is 59.8 Å². The normalized spacial score (nSPS) is 11.0. The van der Waals surface area contributed by atoms with Crippen LogP contribution < -0.4 is 5.32 Å². The second kappa shape index (κ2) is 6.38. The molecule has 0 unspecified atom stereocenters. The Balaban J connectivity index is 1.56. The number of hydrogen-bond acceptors (Lipinski definition) is 4. The minimum absolute atomic E-state index is 0.170. The van der Waals surface area contributed by atoms with Gasteiger partial charge in [0.05, 0.1) is 15.9 Å². The molecule has 4 aromatic rings. The van der Waals surface area contributed by atoms with Crippen molar-refractivity contribution in [3.63, 3.8) is 0 Å². The fourth-order valence-corrected chi connectivity index (χ4v) is 3.94. The summed E-state index contributed by atoms with van der Waals surface area (Å²) in [6.07, 6.45) is 0. The van der Waals surface area contributed by atoms with Crippen molar-refractivity contribution in [1.82, 2.24) is 14.8 Å². The van der Waals surface area contributed by atoms with E-state index in [2.05, 4.69) is 35.5 Å². The number of anilines is 1. The summed E-state index contributed by atoms with van der Waals surface area (Å²) in [5, 5.41) is 8.09. The molecule has 130 valence electrons. The molecule has 0 saturated carbocycles. The number of carbonyl (C=O) groups excluding carboxylic acids is 1. The fourth-order valence-electron chi connectivity index (χ4n) is 2.87. The number of benzene rings is 2. The Morgan fingerprint density at radius 1 is 1.08 bits per heavy atom. The van der Waals surface area contributed by atoms with Crippen molar-refractivity contribution in [3.8, 4) is 10.6 Å². The standard InChI is InChI=1S/C20H18N4OS/c1-12-4-9-16-18(10-12)26-20(22-16)14-5-7-15(8-6-14)21-19(25)17-11-13(2)23-24(17)3/h4-11H,1-3H3,(H,21,25). The van der Waals surface area contributed by atoms with Crippen molar-refractivity contribution >= 4 is 33.1 Å². The SMILES string of the molecule is Cc1ccc2nc(-c3ccc(NC(=O)c4cc(C)nn4C)cc3)sc2c1. The van der Waals surface area contributed by atoms with Gasteiger partial charge in [-0.2, -0.15) is 5.10 Å². The third-order valence-electron chi connectivity index (χ3n) is 4.17. The minimum Gasteiger partial charge on any atom is -0.321 e. The number of thiazole rings is 1. The Morgan fingerprint density at radius 2 is 1.85 bits per heavy atom. The molecule has 0 bridgehead atoms. The van der Waals surface area contributed by atoms with Crippen LogP contribution in [0.25, 0.3) is 20.8 Å². The van der Waals surface area contributed by atoms with Crippen LogP contribution in [0.2, 0.25) is 0 Å². The maximum atomic E-state index is 12.4. The summed E-state index contributed by atoms with van der Waals surface area (Å²) in [6.45, 7) is 3.95. The number of hydrogen-bond donors (Lipinski definition) is 1. The fraction of sp³-hybridized carbons (Fsp3) is 0.150. The van der Waals surface area contributed by atoms with Crippen molar-refractivity contribution in [2.45, 2.75) is 13.8 Å². The van der Waals surface area contributed by atoms with E-state index in [1.165, 1.54) is 10.3 Å². The van der Waals surface area contributed by atoms with Crippen molar-refractivity contribution in [3.05, 3.63) is 65.5 Å². The molecule has 2 aromatic carbocycles. The third kappa shape index (κ3) is 3.11. The molecule has 0 radical (unpaired) electrons. The second-order valence-corrected chi connectivity index (χ2v) is 7.35. The van der Waals surface area contributed by atoms with E-state index in [0.717, 1.165) is 27.5 Å². The Morgan fingerprint density at radius 3 is 2.54 bits per heavy atom. The lowest BCUT2D eigenvalue weighted by Gasteiger charge is -2.06. The van der Waals surface area contributed by atoms with Gasteiger partial charge in [0.25, 0.3) is 5.91 Å². The lowest BCUT2D eigenvalue weighted by molar-refractivity contribution is 0.101. The third-order valence-corrected chi connectivity index (χ3v) is 5.24. The van der Waals surface area contributed by atoms with Crippen LogP contribution in [0.15, 0.2) is 48.5 Å². The van der Waals surface area contributed by atoms with Crippen LogP contribution >= 0.6 is 11.3 Å². The predicted molar refractivity (Wildman–Crippen MR) is 106 cm³/mol. The highest BCUT2D eigenvalue weighted by Crippen LogP contribution is 2.31. The highest BCUT2D eigenvalue weighted by molar-refractivity contribution is 7.21. The van der Waals surface area contributed by atoms with Crippen molar-refractivity contribution in [2.75, 3.05) is 5.32 Å². The Kier molecular flexibility index (Phi) is 4.05. The summed E-state index contributed by atoms with van der Waals surface area (Å²) >= 11 is 1.68. The van der Waals surface area contributed by atoms with Gasteiger partial charge < -0.3 is 5.32 Å². The number of fused-ring (bicyclic) bond motifs is 1. The van der Waals surface area contributed by atoms with Gasteiger partial charge in [-0.15, -0.1) is 11.3 Å². The van der Waals surface area contributed by atoms with Crippen molar-refractivity contribution in [1.29, 1.82) is 0 Å². The van der Waals surface area contributed by atoms with Gasteiger partial charge in [0.2, 0.25) is 0 Å². The largest absolute Gasteiger partial charge is 0.321 e. The lowest BCUT2D eigenvalue weighted by atomic mass is 10.2. The number of rotatable bonds is 3. The van der Waals surface area contributed by atoms with Gasteiger partial charge in [-0.25, -0.2) is 4.98 Å². The Bertz CT molecular complexity index is 1110. The van der Waals surface area contributed by atoms with Crippen LogP contribution in [-0.2, 0) is 7.05 Å². The van der Waals surface area contributed by atoms with Crippen LogP contribution in [-0.4, -0.2) is 20.7 Å². The van der Waals surface area contributed by atoms with Gasteiger partial charge in [0.15, 0.2) is 0 Å².